The summed E-state index contributed by atoms with van der Waals surface area (Å²) in [6.07, 6.45) is -1.85. The van der Waals surface area contributed by atoms with Crippen molar-refractivity contribution in [3.63, 3.8) is 0 Å². The molecule has 9 heteroatoms. The molecule has 2 fully saturated rings. The number of ether oxygens (including phenoxy) is 1. The first kappa shape index (κ1) is 20.2. The largest absolute Gasteiger partial charge is 0.390 e. The molecule has 2 saturated heterocycles. The molecule has 6 nitrogen and oxygen atoms in total. The molecule has 3 heterocycles. The normalized spacial score (nSPS) is 29.0. The third-order valence-corrected chi connectivity index (χ3v) is 5.61. The van der Waals surface area contributed by atoms with E-state index < -0.39 is 29.8 Å². The van der Waals surface area contributed by atoms with E-state index in [1.165, 1.54) is 0 Å². The molecule has 0 saturated carbocycles. The number of likely N-dealkylation sites (tertiary alicyclic amines) is 1. The number of carbonyl (C=O) groups excluding carboxylic acids is 1. The summed E-state index contributed by atoms with van der Waals surface area (Å²) in [5.74, 6) is -0.313. The number of aromatic amines is 1. The number of H-pyrrole nitrogens is 1. The number of hydrogen-bond donors (Lipinski definition) is 3. The summed E-state index contributed by atoms with van der Waals surface area (Å²) in [6, 6.07) is 2.81. The van der Waals surface area contributed by atoms with E-state index in [1.807, 2.05) is 0 Å². The Morgan fingerprint density at radius 2 is 2.15 bits per heavy atom. The van der Waals surface area contributed by atoms with Crippen molar-refractivity contribution in [3.8, 4) is 0 Å². The number of alkyl halides is 3. The first-order chi connectivity index (χ1) is 12.6. The Kier molecular flexibility index (Phi) is 5.56. The molecule has 3 rings (SSSR count). The van der Waals surface area contributed by atoms with Crippen molar-refractivity contribution < 1.29 is 27.8 Å². The molecular weight excluding hydrogens is 363 g/mol. The number of halogens is 3. The van der Waals surface area contributed by atoms with Crippen molar-refractivity contribution in [1.29, 1.82) is 0 Å². The van der Waals surface area contributed by atoms with Crippen LogP contribution in [0.5, 0.6) is 0 Å². The maximum Gasteiger partial charge on any atom is 0.390 e. The molecule has 0 aromatic carbocycles. The van der Waals surface area contributed by atoms with Crippen LogP contribution in [-0.4, -0.2) is 70.6 Å². The monoisotopic (exact) mass is 389 g/mol. The fraction of sp³-hybridized carbons (Fsp3) is 0.722. The summed E-state index contributed by atoms with van der Waals surface area (Å²) in [4.78, 5) is 16.8. The van der Waals surface area contributed by atoms with Crippen molar-refractivity contribution in [3.05, 3.63) is 24.0 Å². The molecule has 152 valence electrons. The average molecular weight is 389 g/mol. The molecule has 27 heavy (non-hydrogen) atoms. The molecule has 2 atom stereocenters. The van der Waals surface area contributed by atoms with Crippen LogP contribution in [-0.2, 0) is 4.74 Å². The Morgan fingerprint density at radius 1 is 1.44 bits per heavy atom. The summed E-state index contributed by atoms with van der Waals surface area (Å²) < 4.78 is 43.2. The van der Waals surface area contributed by atoms with Gasteiger partial charge in [-0.25, -0.2) is 0 Å². The van der Waals surface area contributed by atoms with Crippen LogP contribution in [0.1, 0.15) is 43.1 Å². The van der Waals surface area contributed by atoms with Gasteiger partial charge in [0, 0.05) is 32.3 Å². The second-order valence-electron chi connectivity index (χ2n) is 7.84. The van der Waals surface area contributed by atoms with Gasteiger partial charge < -0.3 is 25.0 Å². The third kappa shape index (κ3) is 5.03. The molecule has 1 aromatic rings. The van der Waals surface area contributed by atoms with Crippen LogP contribution in [0.15, 0.2) is 18.3 Å². The second-order valence-corrected chi connectivity index (χ2v) is 7.84. The predicted octanol–water partition coefficient (Wildman–Crippen LogP) is 2.07. The van der Waals surface area contributed by atoms with Gasteiger partial charge in [0.1, 0.15) is 5.69 Å². The molecule has 0 bridgehead atoms. The number of aromatic nitrogens is 1. The minimum atomic E-state index is -4.15. The van der Waals surface area contributed by atoms with Crippen LogP contribution in [0.25, 0.3) is 0 Å². The van der Waals surface area contributed by atoms with E-state index in [0.29, 0.717) is 38.0 Å². The molecule has 1 spiro atoms. The fourth-order valence-electron chi connectivity index (χ4n) is 3.96. The predicted molar refractivity (Wildman–Crippen MR) is 92.3 cm³/mol. The number of hydrogen-bond acceptors (Lipinski definition) is 4. The van der Waals surface area contributed by atoms with E-state index in [1.54, 1.807) is 30.2 Å². The standard InChI is InChI=1S/C18H26F3N3O3/c1-16(26)12-17(4-8-24(9-5-17)10-6-18(19,20)21)27-11-14(16)23-15(25)13-3-2-7-22-13/h2-3,7,14,22,26H,4-6,8-12H2,1H3,(H,23,25)/t14-,16-/m0/s1. The van der Waals surface area contributed by atoms with Crippen molar-refractivity contribution in [1.82, 2.24) is 15.2 Å². The van der Waals surface area contributed by atoms with Crippen molar-refractivity contribution in [2.24, 2.45) is 0 Å². The summed E-state index contributed by atoms with van der Waals surface area (Å²) >= 11 is 0. The van der Waals surface area contributed by atoms with Crippen molar-refractivity contribution in [2.75, 3.05) is 26.2 Å². The third-order valence-electron chi connectivity index (χ3n) is 5.61. The quantitative estimate of drug-likeness (QED) is 0.737. The van der Waals surface area contributed by atoms with Crippen LogP contribution < -0.4 is 5.32 Å². The van der Waals surface area contributed by atoms with Gasteiger partial charge in [0.05, 0.1) is 30.3 Å². The van der Waals surface area contributed by atoms with E-state index in [4.69, 9.17) is 4.74 Å². The lowest BCUT2D eigenvalue weighted by molar-refractivity contribution is -0.188. The van der Waals surface area contributed by atoms with Crippen LogP contribution in [0.4, 0.5) is 13.2 Å². The van der Waals surface area contributed by atoms with Gasteiger partial charge in [0.2, 0.25) is 0 Å². The minimum Gasteiger partial charge on any atom is -0.388 e. The van der Waals surface area contributed by atoms with E-state index in [9.17, 15) is 23.1 Å². The Bertz CT molecular complexity index is 638. The van der Waals surface area contributed by atoms with Crippen molar-refractivity contribution in [2.45, 2.75) is 56.0 Å². The number of amides is 1. The molecule has 0 radical (unpaired) electrons. The van der Waals surface area contributed by atoms with Crippen molar-refractivity contribution >= 4 is 5.91 Å². The minimum absolute atomic E-state index is 0.00912. The van der Waals surface area contributed by atoms with Gasteiger partial charge in [-0.2, -0.15) is 13.2 Å². The number of nitrogens with zero attached hydrogens (tertiary/aromatic N) is 1. The fourth-order valence-corrected chi connectivity index (χ4v) is 3.96. The SMILES string of the molecule is C[C@]1(O)CC2(CCN(CCC(F)(F)F)CC2)OC[C@@H]1NC(=O)c1ccc[nH]1. The number of carbonyl (C=O) groups is 1. The van der Waals surface area contributed by atoms with Gasteiger partial charge in [-0.05, 0) is 31.9 Å². The Morgan fingerprint density at radius 3 is 2.70 bits per heavy atom. The van der Waals surface area contributed by atoms with Gasteiger partial charge in [0.25, 0.3) is 5.91 Å². The molecular formula is C18H26F3N3O3. The highest BCUT2D eigenvalue weighted by molar-refractivity contribution is 5.92. The molecule has 0 aliphatic carbocycles. The van der Waals surface area contributed by atoms with Crippen LogP contribution in [0, 0.1) is 0 Å². The zero-order chi connectivity index (χ0) is 19.7. The Balaban J connectivity index is 1.53. The summed E-state index contributed by atoms with van der Waals surface area (Å²) in [5.41, 5.74) is -1.30. The maximum atomic E-state index is 12.4. The topological polar surface area (TPSA) is 77.6 Å². The molecule has 0 unspecified atom stereocenters. The number of piperidine rings is 1. The van der Waals surface area contributed by atoms with E-state index in [2.05, 4.69) is 10.3 Å². The van der Waals surface area contributed by atoms with Crippen LogP contribution in [0.2, 0.25) is 0 Å². The van der Waals surface area contributed by atoms with Gasteiger partial charge in [-0.15, -0.1) is 0 Å². The van der Waals surface area contributed by atoms with Gasteiger partial charge in [-0.3, -0.25) is 4.79 Å². The zero-order valence-electron chi connectivity index (χ0n) is 15.3. The maximum absolute atomic E-state index is 12.4. The molecule has 1 aromatic heterocycles. The lowest BCUT2D eigenvalue weighted by atomic mass is 9.75. The first-order valence-electron chi connectivity index (χ1n) is 9.18. The first-order valence-corrected chi connectivity index (χ1v) is 9.18. The van der Waals surface area contributed by atoms with E-state index in [0.717, 1.165) is 0 Å². The van der Waals surface area contributed by atoms with E-state index >= 15 is 0 Å². The molecule has 3 N–H and O–H groups in total. The molecule has 1 amide bonds. The second kappa shape index (κ2) is 7.44. The number of nitrogens with one attached hydrogen (secondary N) is 2. The van der Waals surface area contributed by atoms with E-state index in [-0.39, 0.29) is 19.1 Å². The highest BCUT2D eigenvalue weighted by Gasteiger charge is 2.49. The Hall–Kier alpha value is -1.58. The summed E-state index contributed by atoms with van der Waals surface area (Å²) in [5, 5.41) is 13.7. The number of aliphatic hydroxyl groups is 1. The van der Waals surface area contributed by atoms with Crippen LogP contribution >= 0.6 is 0 Å². The molecule has 2 aliphatic heterocycles. The highest BCUT2D eigenvalue weighted by atomic mass is 19.4. The van der Waals surface area contributed by atoms with Gasteiger partial charge in [-0.1, -0.05) is 0 Å². The van der Waals surface area contributed by atoms with Gasteiger partial charge in [0.15, 0.2) is 0 Å². The highest BCUT2D eigenvalue weighted by Crippen LogP contribution is 2.39. The summed E-state index contributed by atoms with van der Waals surface area (Å²) in [7, 11) is 0. The van der Waals surface area contributed by atoms with Gasteiger partial charge >= 0.3 is 6.18 Å². The molecule has 2 aliphatic rings. The smallest absolute Gasteiger partial charge is 0.388 e. The lowest BCUT2D eigenvalue weighted by Crippen LogP contribution is -2.64. The zero-order valence-corrected chi connectivity index (χ0v) is 15.3. The number of rotatable bonds is 4. The Labute approximate surface area is 156 Å². The average Bonchev–Trinajstić information content (AvgIpc) is 3.10. The summed E-state index contributed by atoms with van der Waals surface area (Å²) in [6.45, 7) is 2.84. The lowest BCUT2D eigenvalue weighted by Gasteiger charge is -2.51. The van der Waals surface area contributed by atoms with Crippen LogP contribution in [0.3, 0.4) is 0 Å².